The van der Waals surface area contributed by atoms with Gasteiger partial charge in [0.1, 0.15) is 5.69 Å². The van der Waals surface area contributed by atoms with Gasteiger partial charge >= 0.3 is 0 Å². The zero-order valence-electron chi connectivity index (χ0n) is 11.3. The first-order valence-electron chi connectivity index (χ1n) is 6.56. The number of rotatable bonds is 4. The Kier molecular flexibility index (Phi) is 4.31. The number of piperidine rings is 1. The summed E-state index contributed by atoms with van der Waals surface area (Å²) < 4.78 is 0. The van der Waals surface area contributed by atoms with E-state index < -0.39 is 0 Å². The standard InChI is InChI=1S/C13H19N3O2S/c1-3-13(5-4-6-14-8-13)11(18)16-12-15-10(7-19-12)9(2)17/h7,14H,3-6,8H2,1-2H3,(H,15,16,18). The molecular weight excluding hydrogens is 262 g/mol. The molecule has 1 saturated heterocycles. The third kappa shape index (κ3) is 3.01. The molecule has 1 aliphatic heterocycles. The summed E-state index contributed by atoms with van der Waals surface area (Å²) in [5.41, 5.74) is 0.0629. The van der Waals surface area contributed by atoms with E-state index >= 15 is 0 Å². The summed E-state index contributed by atoms with van der Waals surface area (Å²) in [5, 5.41) is 8.32. The predicted molar refractivity (Wildman–Crippen MR) is 75.6 cm³/mol. The minimum atomic E-state index is -0.347. The molecule has 1 unspecified atom stereocenters. The van der Waals surface area contributed by atoms with Crippen LogP contribution in [0.25, 0.3) is 0 Å². The summed E-state index contributed by atoms with van der Waals surface area (Å²) in [5.74, 6) is -0.0760. The maximum atomic E-state index is 12.4. The molecule has 19 heavy (non-hydrogen) atoms. The van der Waals surface area contributed by atoms with Crippen LogP contribution in [0.1, 0.15) is 43.6 Å². The van der Waals surface area contributed by atoms with E-state index in [-0.39, 0.29) is 17.1 Å². The van der Waals surface area contributed by atoms with Crippen LogP contribution in [0, 0.1) is 5.41 Å². The molecular formula is C13H19N3O2S. The molecule has 2 N–H and O–H groups in total. The zero-order chi connectivity index (χ0) is 13.9. The van der Waals surface area contributed by atoms with Gasteiger partial charge in [0.25, 0.3) is 0 Å². The van der Waals surface area contributed by atoms with Crippen LogP contribution in [-0.4, -0.2) is 29.8 Å². The molecule has 1 fully saturated rings. The molecule has 0 aliphatic carbocycles. The maximum absolute atomic E-state index is 12.4. The van der Waals surface area contributed by atoms with Gasteiger partial charge in [-0.1, -0.05) is 6.92 Å². The molecule has 0 saturated carbocycles. The third-order valence-corrected chi connectivity index (χ3v) is 4.47. The summed E-state index contributed by atoms with van der Waals surface area (Å²) in [6, 6.07) is 0. The van der Waals surface area contributed by atoms with E-state index in [1.807, 2.05) is 6.92 Å². The van der Waals surface area contributed by atoms with Crippen molar-refractivity contribution in [3.05, 3.63) is 11.1 Å². The zero-order valence-corrected chi connectivity index (χ0v) is 12.1. The lowest BCUT2D eigenvalue weighted by molar-refractivity contribution is -0.126. The Morgan fingerprint density at radius 1 is 1.58 bits per heavy atom. The quantitative estimate of drug-likeness (QED) is 0.829. The lowest BCUT2D eigenvalue weighted by Gasteiger charge is -2.35. The van der Waals surface area contributed by atoms with Crippen LogP contribution in [0.2, 0.25) is 0 Å². The van der Waals surface area contributed by atoms with Gasteiger partial charge in [0.05, 0.1) is 5.41 Å². The van der Waals surface area contributed by atoms with Crippen molar-refractivity contribution >= 4 is 28.2 Å². The SMILES string of the molecule is CCC1(C(=O)Nc2nc(C(C)=O)cs2)CCCNC1. The number of ketones is 1. The molecule has 2 heterocycles. The van der Waals surface area contributed by atoms with Gasteiger partial charge in [0.15, 0.2) is 10.9 Å². The van der Waals surface area contributed by atoms with E-state index in [1.54, 1.807) is 5.38 Å². The van der Waals surface area contributed by atoms with Crippen molar-refractivity contribution in [2.24, 2.45) is 5.41 Å². The topological polar surface area (TPSA) is 71.1 Å². The molecule has 0 bridgehead atoms. The van der Waals surface area contributed by atoms with Gasteiger partial charge in [-0.25, -0.2) is 4.98 Å². The van der Waals surface area contributed by atoms with E-state index in [0.717, 1.165) is 25.8 Å². The van der Waals surface area contributed by atoms with Crippen molar-refractivity contribution in [3.8, 4) is 0 Å². The molecule has 6 heteroatoms. The van der Waals surface area contributed by atoms with E-state index in [2.05, 4.69) is 15.6 Å². The van der Waals surface area contributed by atoms with E-state index in [4.69, 9.17) is 0 Å². The number of amides is 1. The van der Waals surface area contributed by atoms with Gasteiger partial charge in [-0.05, 0) is 25.8 Å². The molecule has 1 aromatic heterocycles. The number of carbonyl (C=O) groups is 2. The molecule has 104 valence electrons. The van der Waals surface area contributed by atoms with Gasteiger partial charge in [0, 0.05) is 18.8 Å². The highest BCUT2D eigenvalue weighted by atomic mass is 32.1. The Bertz CT molecular complexity index is 478. The van der Waals surface area contributed by atoms with Crippen LogP contribution in [0.4, 0.5) is 5.13 Å². The molecule has 1 aromatic rings. The first-order chi connectivity index (χ1) is 9.07. The second-order valence-electron chi connectivity index (χ2n) is 4.96. The van der Waals surface area contributed by atoms with Crippen molar-refractivity contribution in [1.82, 2.24) is 10.3 Å². The van der Waals surface area contributed by atoms with Gasteiger partial charge in [-0.3, -0.25) is 9.59 Å². The van der Waals surface area contributed by atoms with Crippen LogP contribution in [0.15, 0.2) is 5.38 Å². The highest BCUT2D eigenvalue weighted by molar-refractivity contribution is 7.14. The highest BCUT2D eigenvalue weighted by Crippen LogP contribution is 2.32. The van der Waals surface area contributed by atoms with Crippen molar-refractivity contribution in [2.45, 2.75) is 33.1 Å². The summed E-state index contributed by atoms with van der Waals surface area (Å²) in [6.07, 6.45) is 2.71. The number of thiazole rings is 1. The van der Waals surface area contributed by atoms with E-state index in [9.17, 15) is 9.59 Å². The second kappa shape index (κ2) is 5.79. The monoisotopic (exact) mass is 281 g/mol. The average molecular weight is 281 g/mol. The van der Waals surface area contributed by atoms with Gasteiger partial charge < -0.3 is 10.6 Å². The normalized spacial score (nSPS) is 23.1. The van der Waals surface area contributed by atoms with Gasteiger partial charge in [-0.15, -0.1) is 11.3 Å². The smallest absolute Gasteiger partial charge is 0.233 e. The summed E-state index contributed by atoms with van der Waals surface area (Å²) in [7, 11) is 0. The van der Waals surface area contributed by atoms with E-state index in [1.165, 1.54) is 18.3 Å². The Hall–Kier alpha value is -1.27. The predicted octanol–water partition coefficient (Wildman–Crippen LogP) is 2.06. The maximum Gasteiger partial charge on any atom is 0.233 e. The molecule has 0 aromatic carbocycles. The fraction of sp³-hybridized carbons (Fsp3) is 0.615. The minimum absolute atomic E-state index is 0.00616. The van der Waals surface area contributed by atoms with Crippen LogP contribution in [0.5, 0.6) is 0 Å². The van der Waals surface area contributed by atoms with Crippen molar-refractivity contribution in [1.29, 1.82) is 0 Å². The summed E-state index contributed by atoms with van der Waals surface area (Å²) >= 11 is 1.30. The van der Waals surface area contributed by atoms with Crippen LogP contribution in [-0.2, 0) is 4.79 Å². The van der Waals surface area contributed by atoms with Crippen molar-refractivity contribution in [3.63, 3.8) is 0 Å². The molecule has 2 rings (SSSR count). The Morgan fingerprint density at radius 3 is 2.89 bits per heavy atom. The molecule has 1 aliphatic rings. The number of nitrogens with zero attached hydrogens (tertiary/aromatic N) is 1. The number of carbonyl (C=O) groups excluding carboxylic acids is 2. The van der Waals surface area contributed by atoms with Crippen LogP contribution >= 0.6 is 11.3 Å². The Balaban J connectivity index is 2.08. The van der Waals surface area contributed by atoms with Crippen molar-refractivity contribution in [2.75, 3.05) is 18.4 Å². The average Bonchev–Trinajstić information content (AvgIpc) is 2.88. The number of hydrogen-bond donors (Lipinski definition) is 2. The molecule has 0 spiro atoms. The van der Waals surface area contributed by atoms with Gasteiger partial charge in [-0.2, -0.15) is 0 Å². The first kappa shape index (κ1) is 14.1. The molecule has 1 atom stereocenters. The van der Waals surface area contributed by atoms with Crippen LogP contribution in [0.3, 0.4) is 0 Å². The number of aromatic nitrogens is 1. The number of nitrogens with one attached hydrogen (secondary N) is 2. The number of Topliss-reactive ketones (excluding diaryl/α,β-unsaturated/α-hetero) is 1. The fourth-order valence-corrected chi connectivity index (χ4v) is 3.09. The third-order valence-electron chi connectivity index (χ3n) is 3.72. The highest BCUT2D eigenvalue weighted by Gasteiger charge is 2.38. The first-order valence-corrected chi connectivity index (χ1v) is 7.44. The lowest BCUT2D eigenvalue weighted by Crippen LogP contribution is -2.47. The molecule has 5 nitrogen and oxygen atoms in total. The minimum Gasteiger partial charge on any atom is -0.316 e. The largest absolute Gasteiger partial charge is 0.316 e. The molecule has 1 amide bonds. The second-order valence-corrected chi connectivity index (χ2v) is 5.82. The summed E-state index contributed by atoms with van der Waals surface area (Å²) in [4.78, 5) is 27.7. The lowest BCUT2D eigenvalue weighted by atomic mass is 9.77. The Morgan fingerprint density at radius 2 is 2.37 bits per heavy atom. The number of anilines is 1. The van der Waals surface area contributed by atoms with E-state index in [0.29, 0.717) is 17.4 Å². The molecule has 0 radical (unpaired) electrons. The van der Waals surface area contributed by atoms with Crippen molar-refractivity contribution < 1.29 is 9.59 Å². The fourth-order valence-electron chi connectivity index (χ4n) is 2.35. The van der Waals surface area contributed by atoms with Crippen LogP contribution < -0.4 is 10.6 Å². The summed E-state index contributed by atoms with van der Waals surface area (Å²) in [6.45, 7) is 5.19. The number of hydrogen-bond acceptors (Lipinski definition) is 5. The van der Waals surface area contributed by atoms with Gasteiger partial charge in [0.2, 0.25) is 5.91 Å². The Labute approximate surface area is 116 Å².